The van der Waals surface area contributed by atoms with E-state index in [0.717, 1.165) is 12.8 Å². The Morgan fingerprint density at radius 1 is 1.40 bits per heavy atom. The maximum atomic E-state index is 12.7. The van der Waals surface area contributed by atoms with Crippen molar-refractivity contribution in [1.82, 2.24) is 0 Å². The fraction of sp³-hybridized carbons (Fsp3) is 0.417. The van der Waals surface area contributed by atoms with Crippen molar-refractivity contribution in [1.29, 1.82) is 0 Å². The molecule has 1 aromatic carbocycles. The zero-order valence-electron chi connectivity index (χ0n) is 8.57. The molecule has 80 valence electrons. The van der Waals surface area contributed by atoms with Crippen LogP contribution in [0.5, 0.6) is 0 Å². The highest BCUT2D eigenvalue weighted by atomic mass is 19.1. The Balaban J connectivity index is 2.15. The number of benzene rings is 1. The van der Waals surface area contributed by atoms with Gasteiger partial charge in [0.1, 0.15) is 11.9 Å². The van der Waals surface area contributed by atoms with Gasteiger partial charge in [0.15, 0.2) is 5.78 Å². The largest absolute Gasteiger partial charge is 0.373 e. The monoisotopic (exact) mass is 208 g/mol. The molecule has 0 aliphatic heterocycles. The molecule has 1 atom stereocenters. The van der Waals surface area contributed by atoms with E-state index in [9.17, 15) is 9.18 Å². The molecule has 0 amide bonds. The molecular formula is C12H13FO2. The summed E-state index contributed by atoms with van der Waals surface area (Å²) in [7, 11) is 1.55. The summed E-state index contributed by atoms with van der Waals surface area (Å²) in [4.78, 5) is 11.9. The summed E-state index contributed by atoms with van der Waals surface area (Å²) in [5, 5.41) is 0. The van der Waals surface area contributed by atoms with Crippen LogP contribution < -0.4 is 0 Å². The second kappa shape index (κ2) is 4.11. The zero-order valence-corrected chi connectivity index (χ0v) is 8.57. The Kier molecular flexibility index (Phi) is 2.82. The molecule has 0 saturated heterocycles. The van der Waals surface area contributed by atoms with Gasteiger partial charge in [-0.3, -0.25) is 4.79 Å². The number of Topliss-reactive ketones (excluding diaryl/α,β-unsaturated/α-hetero) is 1. The molecular weight excluding hydrogens is 195 g/mol. The lowest BCUT2D eigenvalue weighted by atomic mass is 10.0. The van der Waals surface area contributed by atoms with Crippen LogP contribution in [-0.2, 0) is 4.74 Å². The van der Waals surface area contributed by atoms with Crippen LogP contribution in [0.2, 0.25) is 0 Å². The Morgan fingerprint density at radius 3 is 2.47 bits per heavy atom. The third-order valence-corrected chi connectivity index (χ3v) is 2.69. The predicted molar refractivity (Wildman–Crippen MR) is 54.3 cm³/mol. The van der Waals surface area contributed by atoms with Crippen molar-refractivity contribution in [3.8, 4) is 0 Å². The van der Waals surface area contributed by atoms with Crippen molar-refractivity contribution in [3.05, 3.63) is 35.6 Å². The van der Waals surface area contributed by atoms with Crippen molar-refractivity contribution in [2.45, 2.75) is 18.9 Å². The molecule has 15 heavy (non-hydrogen) atoms. The van der Waals surface area contributed by atoms with Crippen molar-refractivity contribution < 1.29 is 13.9 Å². The molecule has 0 heterocycles. The highest BCUT2D eigenvalue weighted by Crippen LogP contribution is 2.35. The number of hydrogen-bond donors (Lipinski definition) is 0. The maximum Gasteiger partial charge on any atom is 0.191 e. The van der Waals surface area contributed by atoms with Crippen LogP contribution in [-0.4, -0.2) is 19.0 Å². The van der Waals surface area contributed by atoms with Crippen LogP contribution in [0, 0.1) is 11.7 Å². The molecule has 0 radical (unpaired) electrons. The normalized spacial score (nSPS) is 17.5. The van der Waals surface area contributed by atoms with Gasteiger partial charge in [-0.2, -0.15) is 0 Å². The van der Waals surface area contributed by atoms with Crippen LogP contribution in [0.3, 0.4) is 0 Å². The summed E-state index contributed by atoms with van der Waals surface area (Å²) < 4.78 is 17.8. The molecule has 0 aromatic heterocycles. The number of ether oxygens (including phenoxy) is 1. The van der Waals surface area contributed by atoms with E-state index in [-0.39, 0.29) is 17.7 Å². The van der Waals surface area contributed by atoms with Crippen LogP contribution in [0.15, 0.2) is 24.3 Å². The average molecular weight is 208 g/mol. The summed E-state index contributed by atoms with van der Waals surface area (Å²) in [6.45, 7) is 0. The van der Waals surface area contributed by atoms with Gasteiger partial charge in [-0.15, -0.1) is 0 Å². The summed E-state index contributed by atoms with van der Waals surface area (Å²) in [6.07, 6.45) is 1.74. The van der Waals surface area contributed by atoms with Crippen LogP contribution >= 0.6 is 0 Å². The van der Waals surface area contributed by atoms with Crippen molar-refractivity contribution >= 4 is 5.78 Å². The number of halogens is 1. The summed E-state index contributed by atoms with van der Waals surface area (Å²) in [6, 6.07) is 5.61. The van der Waals surface area contributed by atoms with Crippen LogP contribution in [0.25, 0.3) is 0 Å². The highest BCUT2D eigenvalue weighted by Gasteiger charge is 2.36. The third kappa shape index (κ3) is 2.23. The highest BCUT2D eigenvalue weighted by molar-refractivity contribution is 5.99. The van der Waals surface area contributed by atoms with Gasteiger partial charge in [-0.05, 0) is 43.0 Å². The smallest absolute Gasteiger partial charge is 0.191 e. The molecule has 1 aromatic rings. The van der Waals surface area contributed by atoms with Gasteiger partial charge in [-0.25, -0.2) is 4.39 Å². The molecule has 1 saturated carbocycles. The maximum absolute atomic E-state index is 12.7. The van der Waals surface area contributed by atoms with Gasteiger partial charge in [0.05, 0.1) is 0 Å². The third-order valence-electron chi connectivity index (χ3n) is 2.69. The molecule has 1 aliphatic rings. The first kappa shape index (κ1) is 10.3. The van der Waals surface area contributed by atoms with Gasteiger partial charge >= 0.3 is 0 Å². The lowest BCUT2D eigenvalue weighted by Gasteiger charge is -2.12. The van der Waals surface area contributed by atoms with Gasteiger partial charge in [0.2, 0.25) is 0 Å². The molecule has 1 unspecified atom stereocenters. The number of methoxy groups -OCH3 is 1. The van der Waals surface area contributed by atoms with E-state index in [2.05, 4.69) is 0 Å². The van der Waals surface area contributed by atoms with Crippen molar-refractivity contribution in [3.63, 3.8) is 0 Å². The minimum atomic E-state index is -0.351. The summed E-state index contributed by atoms with van der Waals surface area (Å²) in [5.41, 5.74) is 0.523. The lowest BCUT2D eigenvalue weighted by Crippen LogP contribution is -2.25. The van der Waals surface area contributed by atoms with E-state index in [1.54, 1.807) is 7.11 Å². The van der Waals surface area contributed by atoms with Crippen molar-refractivity contribution in [2.75, 3.05) is 7.11 Å². The fourth-order valence-electron chi connectivity index (χ4n) is 1.69. The Labute approximate surface area is 88.1 Å². The standard InChI is InChI=1S/C12H13FO2/c1-15-12(9-2-3-9)11(14)8-4-6-10(13)7-5-8/h4-7,9,12H,2-3H2,1H3. The summed E-state index contributed by atoms with van der Waals surface area (Å²) >= 11 is 0. The van der Waals surface area contributed by atoms with Gasteiger partial charge in [-0.1, -0.05) is 0 Å². The van der Waals surface area contributed by atoms with E-state index in [1.165, 1.54) is 24.3 Å². The number of rotatable bonds is 4. The Bertz CT molecular complexity index is 354. The molecule has 1 fully saturated rings. The first-order valence-corrected chi connectivity index (χ1v) is 5.05. The summed E-state index contributed by atoms with van der Waals surface area (Å²) in [5.74, 6) is -0.0144. The van der Waals surface area contributed by atoms with Gasteiger partial charge in [0, 0.05) is 12.7 Å². The molecule has 0 spiro atoms. The van der Waals surface area contributed by atoms with E-state index in [4.69, 9.17) is 4.74 Å². The van der Waals surface area contributed by atoms with Crippen LogP contribution in [0.4, 0.5) is 4.39 Å². The molecule has 0 bridgehead atoms. The van der Waals surface area contributed by atoms with Crippen LogP contribution in [0.1, 0.15) is 23.2 Å². The fourth-order valence-corrected chi connectivity index (χ4v) is 1.69. The Hall–Kier alpha value is -1.22. The van der Waals surface area contributed by atoms with E-state index < -0.39 is 0 Å². The molecule has 1 aliphatic carbocycles. The van der Waals surface area contributed by atoms with Crippen molar-refractivity contribution in [2.24, 2.45) is 5.92 Å². The van der Waals surface area contributed by atoms with Gasteiger partial charge < -0.3 is 4.74 Å². The average Bonchev–Trinajstić information content (AvgIpc) is 3.04. The number of carbonyl (C=O) groups excluding carboxylic acids is 1. The molecule has 0 N–H and O–H groups in total. The zero-order chi connectivity index (χ0) is 10.8. The topological polar surface area (TPSA) is 26.3 Å². The minimum Gasteiger partial charge on any atom is -0.373 e. The first-order valence-electron chi connectivity index (χ1n) is 5.05. The molecule has 2 nitrogen and oxygen atoms in total. The number of hydrogen-bond acceptors (Lipinski definition) is 2. The predicted octanol–water partition coefficient (Wildman–Crippen LogP) is 2.43. The van der Waals surface area contributed by atoms with E-state index in [1.807, 2.05) is 0 Å². The SMILES string of the molecule is COC(C(=O)c1ccc(F)cc1)C1CC1. The number of carbonyl (C=O) groups is 1. The lowest BCUT2D eigenvalue weighted by molar-refractivity contribution is 0.0540. The second-order valence-corrected chi connectivity index (χ2v) is 3.86. The molecule has 3 heteroatoms. The van der Waals surface area contributed by atoms with Gasteiger partial charge in [0.25, 0.3) is 0 Å². The number of ketones is 1. The second-order valence-electron chi connectivity index (χ2n) is 3.86. The van der Waals surface area contributed by atoms with E-state index >= 15 is 0 Å². The Morgan fingerprint density at radius 2 is 2.00 bits per heavy atom. The quantitative estimate of drug-likeness (QED) is 0.710. The first-order chi connectivity index (χ1) is 7.22. The minimum absolute atomic E-state index is 0.0417. The van der Waals surface area contributed by atoms with E-state index in [0.29, 0.717) is 11.5 Å². The molecule has 2 rings (SSSR count).